The number of phenols is 1. The van der Waals surface area contributed by atoms with E-state index in [4.69, 9.17) is 0 Å². The number of carbonyl (C=O) groups is 3. The van der Waals surface area contributed by atoms with Gasteiger partial charge in [-0.3, -0.25) is 14.4 Å². The Morgan fingerprint density at radius 3 is 1.69 bits per heavy atom. The number of hydrogen-bond donors (Lipinski definition) is 3. The molecular formula is C50H67N5Na2O12S3. The number of Topliss-reactive ketones (excluding diaryl/α,β-unsaturated/α-hetero) is 1. The van der Waals surface area contributed by atoms with Crippen LogP contribution >= 0.6 is 0 Å². The molecule has 0 heterocycles. The summed E-state index contributed by atoms with van der Waals surface area (Å²) in [6.45, 7) is 6.50. The smallest absolute Gasteiger partial charge is 0.744 e. The third-order valence-corrected chi connectivity index (χ3v) is 15.9. The fourth-order valence-corrected chi connectivity index (χ4v) is 11.1. The second-order valence-electron chi connectivity index (χ2n) is 18.4. The first-order chi connectivity index (χ1) is 33.0. The summed E-state index contributed by atoms with van der Waals surface area (Å²) in [7, 11) is -13.1. The summed E-state index contributed by atoms with van der Waals surface area (Å²) >= 11 is 0. The molecule has 2 amide bonds. The van der Waals surface area contributed by atoms with E-state index in [0.29, 0.717) is 18.2 Å². The number of amides is 2. The van der Waals surface area contributed by atoms with Crippen molar-refractivity contribution in [2.45, 2.75) is 146 Å². The minimum atomic E-state index is -5.45. The maximum Gasteiger partial charge on any atom is 1.00 e. The normalized spacial score (nSPS) is 12.6. The molecule has 384 valence electrons. The third-order valence-electron chi connectivity index (χ3n) is 12.1. The molecule has 4 rings (SSSR count). The molecule has 0 fully saturated rings. The van der Waals surface area contributed by atoms with Gasteiger partial charge in [-0.05, 0) is 59.8 Å². The van der Waals surface area contributed by atoms with Gasteiger partial charge in [0, 0.05) is 37.0 Å². The minimum Gasteiger partial charge on any atom is -0.744 e. The van der Waals surface area contributed by atoms with Crippen molar-refractivity contribution in [2.75, 3.05) is 30.0 Å². The van der Waals surface area contributed by atoms with Gasteiger partial charge < -0.3 is 24.8 Å². The molecule has 3 N–H and O–H groups in total. The Morgan fingerprint density at radius 1 is 0.694 bits per heavy atom. The van der Waals surface area contributed by atoms with E-state index >= 15 is 0 Å². The van der Waals surface area contributed by atoms with Crippen molar-refractivity contribution in [3.05, 3.63) is 78.4 Å². The molecule has 0 saturated carbocycles. The number of azo groups is 1. The van der Waals surface area contributed by atoms with Crippen LogP contribution in [0.4, 0.5) is 22.7 Å². The van der Waals surface area contributed by atoms with E-state index in [9.17, 15) is 53.8 Å². The first kappa shape index (κ1) is 65.0. The monoisotopic (exact) mass is 1070 g/mol. The number of rotatable bonds is 30. The number of ketones is 1. The summed E-state index contributed by atoms with van der Waals surface area (Å²) in [5.41, 5.74) is -2.36. The number of nitrogens with one attached hydrogen (secondary N) is 2. The van der Waals surface area contributed by atoms with Gasteiger partial charge in [0.15, 0.2) is 11.5 Å². The number of sulfonamides is 1. The summed E-state index contributed by atoms with van der Waals surface area (Å²) in [4.78, 5) is 38.4. The van der Waals surface area contributed by atoms with Gasteiger partial charge in [0.1, 0.15) is 31.8 Å². The van der Waals surface area contributed by atoms with Crippen molar-refractivity contribution >= 4 is 81.4 Å². The van der Waals surface area contributed by atoms with Crippen LogP contribution in [0.15, 0.2) is 92.8 Å². The number of carbonyl (C=O) groups excluding carboxylic acids is 3. The predicted molar refractivity (Wildman–Crippen MR) is 269 cm³/mol. The SMILES string of the molecule is CCCCCCCCCCCCCCCCCCN(C)S(=O)(=O)CC(C)(C)C(=O)C(C(=O)Nc1ccccc1)c1ccc(N=Nc2c(S(=O)(=O)[O-])cc3cc(S(=O)(=O)[O-])cc(NC(C)=O)c3c2O)cc1.[Na+].[Na+]. The molecule has 0 aliphatic heterocycles. The standard InChI is InChI=1S/C50H69N5O12S3.2Na/c1-6-7-8-9-10-11-12-13-14-15-16-17-18-19-20-24-31-55(5)68(60,61)35-50(3,4)48(58)45(49(59)52-39-25-22-21-23-26-39)37-27-29-40(30-28-37)53-54-46-43(70(65,66)67)33-38-32-41(69(62,63)64)34-42(51-36(2)56)44(38)47(46)57;;/h21-23,25-30,32-34,45,57H,6-20,24,31,35H2,1-5H3,(H,51,56)(H,52,59)(H,62,63,64)(H,65,66,67);;/q;2*+1/p-2. The number of benzene rings is 4. The zero-order valence-electron chi connectivity index (χ0n) is 42.7. The largest absolute Gasteiger partial charge is 1.00 e. The number of anilines is 2. The van der Waals surface area contributed by atoms with Crippen LogP contribution in [0, 0.1) is 5.41 Å². The van der Waals surface area contributed by atoms with Gasteiger partial charge in [0.2, 0.25) is 21.8 Å². The Morgan fingerprint density at radius 2 is 1.21 bits per heavy atom. The molecule has 0 aromatic heterocycles. The van der Waals surface area contributed by atoms with E-state index in [1.54, 1.807) is 30.3 Å². The average molecular weight is 1070 g/mol. The minimum absolute atomic E-state index is 0. The summed E-state index contributed by atoms with van der Waals surface area (Å²) in [6.07, 6.45) is 19.1. The third kappa shape index (κ3) is 20.2. The summed E-state index contributed by atoms with van der Waals surface area (Å²) in [6, 6.07) is 15.8. The Bertz CT molecular complexity index is 2800. The van der Waals surface area contributed by atoms with Crippen molar-refractivity contribution in [1.29, 1.82) is 0 Å². The Balaban J connectivity index is 0.00000888. The van der Waals surface area contributed by atoms with Crippen LogP contribution in [-0.2, 0) is 44.6 Å². The molecule has 0 spiro atoms. The fourth-order valence-electron chi connectivity index (χ4n) is 8.23. The van der Waals surface area contributed by atoms with Gasteiger partial charge in [-0.1, -0.05) is 147 Å². The quantitative estimate of drug-likeness (QED) is 0.0213. The van der Waals surface area contributed by atoms with Crippen LogP contribution in [-0.4, -0.2) is 80.7 Å². The fraction of sp³-hybridized carbons (Fsp3) is 0.500. The summed E-state index contributed by atoms with van der Waals surface area (Å²) < 4.78 is 102. The summed E-state index contributed by atoms with van der Waals surface area (Å²) in [5, 5.41) is 23.3. The number of para-hydroxylation sites is 1. The van der Waals surface area contributed by atoms with Crippen LogP contribution in [0.1, 0.15) is 142 Å². The molecule has 17 nitrogen and oxygen atoms in total. The average Bonchev–Trinajstić information content (AvgIpc) is 3.27. The van der Waals surface area contributed by atoms with Gasteiger partial charge in [-0.25, -0.2) is 29.6 Å². The molecule has 0 radical (unpaired) electrons. The molecule has 4 aromatic carbocycles. The molecular weight excluding hydrogens is 1000 g/mol. The second kappa shape index (κ2) is 30.4. The molecule has 0 bridgehead atoms. The molecule has 4 aromatic rings. The Labute approximate surface area is 470 Å². The Hall–Kier alpha value is -3.12. The zero-order chi connectivity index (χ0) is 51.7. The maximum atomic E-state index is 14.5. The van der Waals surface area contributed by atoms with Crippen LogP contribution in [0.25, 0.3) is 10.8 Å². The van der Waals surface area contributed by atoms with Gasteiger partial charge >= 0.3 is 59.1 Å². The van der Waals surface area contributed by atoms with Crippen LogP contribution in [0.3, 0.4) is 0 Å². The van der Waals surface area contributed by atoms with Crippen molar-refractivity contribution in [2.24, 2.45) is 15.6 Å². The molecule has 0 aliphatic rings. The molecule has 72 heavy (non-hydrogen) atoms. The van der Waals surface area contributed by atoms with Crippen molar-refractivity contribution in [3.63, 3.8) is 0 Å². The van der Waals surface area contributed by atoms with E-state index in [0.717, 1.165) is 44.7 Å². The van der Waals surface area contributed by atoms with Gasteiger partial charge in [0.25, 0.3) is 0 Å². The zero-order valence-corrected chi connectivity index (χ0v) is 49.2. The second-order valence-corrected chi connectivity index (χ2v) is 23.2. The van der Waals surface area contributed by atoms with E-state index in [1.807, 2.05) is 0 Å². The number of phenolic OH excluding ortho intramolecular Hbond substituents is 1. The maximum absolute atomic E-state index is 14.5. The number of hydrogen-bond acceptors (Lipinski definition) is 14. The molecule has 1 atom stereocenters. The van der Waals surface area contributed by atoms with Crippen LogP contribution in [0.2, 0.25) is 0 Å². The van der Waals surface area contributed by atoms with Crippen LogP contribution in [0.5, 0.6) is 5.75 Å². The predicted octanol–water partition coefficient (Wildman–Crippen LogP) is 4.58. The topological polar surface area (TPSA) is 272 Å². The number of unbranched alkanes of at least 4 members (excludes halogenated alkanes) is 15. The molecule has 0 aliphatic carbocycles. The Kier molecular flexibility index (Phi) is 27.5. The first-order valence-corrected chi connectivity index (χ1v) is 28.3. The van der Waals surface area contributed by atoms with Crippen molar-refractivity contribution < 1.29 is 113 Å². The van der Waals surface area contributed by atoms with Crippen molar-refractivity contribution in [3.8, 4) is 5.75 Å². The van der Waals surface area contributed by atoms with E-state index < -0.39 is 97.2 Å². The van der Waals surface area contributed by atoms with E-state index in [-0.39, 0.29) is 82.3 Å². The van der Waals surface area contributed by atoms with Crippen molar-refractivity contribution in [1.82, 2.24) is 4.31 Å². The number of nitrogens with zero attached hydrogens (tertiary/aromatic N) is 3. The molecule has 1 unspecified atom stereocenters. The van der Waals surface area contributed by atoms with E-state index in [2.05, 4.69) is 27.8 Å². The number of fused-ring (bicyclic) bond motifs is 1. The van der Waals surface area contributed by atoms with Gasteiger partial charge in [-0.2, -0.15) is 5.11 Å². The number of aromatic hydroxyl groups is 1. The van der Waals surface area contributed by atoms with Gasteiger partial charge in [-0.15, -0.1) is 5.11 Å². The van der Waals surface area contributed by atoms with Gasteiger partial charge in [0.05, 0.1) is 26.9 Å². The molecule has 0 saturated heterocycles. The molecule has 22 heteroatoms. The van der Waals surface area contributed by atoms with E-state index in [1.165, 1.54) is 120 Å². The summed E-state index contributed by atoms with van der Waals surface area (Å²) in [5.74, 6) is -5.29. The first-order valence-electron chi connectivity index (χ1n) is 23.9. The van der Waals surface area contributed by atoms with Crippen LogP contribution < -0.4 is 69.7 Å².